The molecule has 1 atom stereocenters. The number of nitrogens with one attached hydrogen (secondary N) is 1. The second kappa shape index (κ2) is 5.61. The normalized spacial score (nSPS) is 12.3. The number of halogens is 1. The van der Waals surface area contributed by atoms with E-state index in [0.29, 0.717) is 0 Å². The van der Waals surface area contributed by atoms with Gasteiger partial charge in [0.05, 0.1) is 6.04 Å². The lowest BCUT2D eigenvalue weighted by Gasteiger charge is -2.21. The van der Waals surface area contributed by atoms with Crippen LogP contribution >= 0.6 is 0 Å². The van der Waals surface area contributed by atoms with Crippen LogP contribution < -0.4 is 5.32 Å². The van der Waals surface area contributed by atoms with Gasteiger partial charge in [-0.3, -0.25) is 4.98 Å². The molecule has 1 N–H and O–H groups in total. The van der Waals surface area contributed by atoms with Crippen molar-refractivity contribution >= 4 is 5.69 Å². The van der Waals surface area contributed by atoms with Gasteiger partial charge in [0.25, 0.3) is 0 Å². The largest absolute Gasteiger partial charge is 0.378 e. The first kappa shape index (κ1) is 14.5. The molecule has 0 amide bonds. The van der Waals surface area contributed by atoms with Gasteiger partial charge >= 0.3 is 0 Å². The average Bonchev–Trinajstić information content (AvgIpc) is 2.32. The van der Waals surface area contributed by atoms with Crippen molar-refractivity contribution in [3.05, 3.63) is 58.2 Å². The molecule has 0 aliphatic rings. The van der Waals surface area contributed by atoms with Crippen LogP contribution in [0.15, 0.2) is 24.3 Å². The first-order chi connectivity index (χ1) is 9.38. The highest BCUT2D eigenvalue weighted by Gasteiger charge is 2.14. The molecule has 1 aromatic heterocycles. The molecule has 0 radical (unpaired) electrons. The maximum absolute atomic E-state index is 13.4. The topological polar surface area (TPSA) is 24.9 Å². The molecule has 0 aliphatic heterocycles. The van der Waals surface area contributed by atoms with Crippen LogP contribution in [0.2, 0.25) is 0 Å². The molecule has 0 aliphatic carbocycles. The van der Waals surface area contributed by atoms with Crippen LogP contribution in [-0.2, 0) is 0 Å². The summed E-state index contributed by atoms with van der Waals surface area (Å²) in [5.74, 6) is -0.222. The molecule has 3 heteroatoms. The van der Waals surface area contributed by atoms with Crippen molar-refractivity contribution < 1.29 is 4.39 Å². The fourth-order valence-corrected chi connectivity index (χ4v) is 2.74. The fourth-order valence-electron chi connectivity index (χ4n) is 2.74. The molecule has 0 saturated carbocycles. The number of anilines is 1. The third-order valence-electron chi connectivity index (χ3n) is 3.59. The Bertz CT molecular complexity index is 612. The van der Waals surface area contributed by atoms with Gasteiger partial charge in [-0.15, -0.1) is 0 Å². The van der Waals surface area contributed by atoms with Crippen molar-refractivity contribution in [1.82, 2.24) is 4.98 Å². The number of aryl methyl sites for hydroxylation is 4. The van der Waals surface area contributed by atoms with Crippen molar-refractivity contribution in [2.45, 2.75) is 40.7 Å². The monoisotopic (exact) mass is 272 g/mol. The number of rotatable bonds is 3. The molecule has 2 nitrogen and oxygen atoms in total. The van der Waals surface area contributed by atoms with Crippen LogP contribution in [0.25, 0.3) is 0 Å². The third kappa shape index (κ3) is 2.98. The van der Waals surface area contributed by atoms with Gasteiger partial charge in [0.2, 0.25) is 0 Å². The molecule has 2 aromatic rings. The van der Waals surface area contributed by atoms with Gasteiger partial charge in [0.15, 0.2) is 0 Å². The minimum absolute atomic E-state index is 0.0867. The zero-order valence-corrected chi connectivity index (χ0v) is 12.7. The SMILES string of the molecule is Cc1cc(C)c(C(C)Nc2cc(F)ccc2C)c(C)n1. The Morgan fingerprint density at radius 3 is 2.40 bits per heavy atom. The lowest BCUT2D eigenvalue weighted by molar-refractivity contribution is 0.627. The van der Waals surface area contributed by atoms with Crippen molar-refractivity contribution in [3.63, 3.8) is 0 Å². The molecule has 106 valence electrons. The van der Waals surface area contributed by atoms with E-state index in [1.807, 2.05) is 20.8 Å². The van der Waals surface area contributed by atoms with E-state index in [1.54, 1.807) is 6.07 Å². The van der Waals surface area contributed by atoms with E-state index in [9.17, 15) is 4.39 Å². The lowest BCUT2D eigenvalue weighted by atomic mass is 10.00. The second-order valence-corrected chi connectivity index (χ2v) is 5.40. The summed E-state index contributed by atoms with van der Waals surface area (Å²) in [5, 5.41) is 3.39. The van der Waals surface area contributed by atoms with Crippen molar-refractivity contribution in [2.24, 2.45) is 0 Å². The molecule has 0 spiro atoms. The molecule has 1 aromatic carbocycles. The number of nitrogens with zero attached hydrogens (tertiary/aromatic N) is 1. The van der Waals surface area contributed by atoms with Crippen LogP contribution in [0.1, 0.15) is 41.0 Å². The van der Waals surface area contributed by atoms with E-state index in [1.165, 1.54) is 23.3 Å². The lowest BCUT2D eigenvalue weighted by Crippen LogP contribution is -2.12. The van der Waals surface area contributed by atoms with Gasteiger partial charge in [0.1, 0.15) is 5.82 Å². The second-order valence-electron chi connectivity index (χ2n) is 5.40. The summed E-state index contributed by atoms with van der Waals surface area (Å²) in [6, 6.07) is 6.98. The van der Waals surface area contributed by atoms with Gasteiger partial charge in [-0.25, -0.2) is 4.39 Å². The summed E-state index contributed by atoms with van der Waals surface area (Å²) in [6.07, 6.45) is 0. The summed E-state index contributed by atoms with van der Waals surface area (Å²) in [4.78, 5) is 4.52. The van der Waals surface area contributed by atoms with Gasteiger partial charge in [-0.05, 0) is 69.5 Å². The van der Waals surface area contributed by atoms with E-state index < -0.39 is 0 Å². The number of hydrogen-bond donors (Lipinski definition) is 1. The van der Waals surface area contributed by atoms with Gasteiger partial charge in [0, 0.05) is 17.1 Å². The number of benzene rings is 1. The molecular weight excluding hydrogens is 251 g/mol. The van der Waals surface area contributed by atoms with Gasteiger partial charge < -0.3 is 5.32 Å². The zero-order chi connectivity index (χ0) is 14.9. The minimum atomic E-state index is -0.222. The smallest absolute Gasteiger partial charge is 0.125 e. The van der Waals surface area contributed by atoms with Crippen LogP contribution in [-0.4, -0.2) is 4.98 Å². The maximum Gasteiger partial charge on any atom is 0.125 e. The van der Waals surface area contributed by atoms with Crippen molar-refractivity contribution in [2.75, 3.05) is 5.32 Å². The minimum Gasteiger partial charge on any atom is -0.378 e. The van der Waals surface area contributed by atoms with E-state index in [0.717, 1.165) is 22.6 Å². The summed E-state index contributed by atoms with van der Waals surface area (Å²) in [6.45, 7) is 10.2. The number of aromatic nitrogens is 1. The van der Waals surface area contributed by atoms with Gasteiger partial charge in [-0.2, -0.15) is 0 Å². The fraction of sp³-hybridized carbons (Fsp3) is 0.353. The Labute approximate surface area is 120 Å². The standard InChI is InChI=1S/C17H21FN2/c1-10-6-7-15(18)9-16(10)20-14(5)17-11(2)8-12(3)19-13(17)4/h6-9,14,20H,1-5H3. The molecule has 0 fully saturated rings. The predicted octanol–water partition coefficient (Wildman–Crippen LogP) is 4.63. The Kier molecular flexibility index (Phi) is 4.07. The van der Waals surface area contributed by atoms with Crippen molar-refractivity contribution in [1.29, 1.82) is 0 Å². The first-order valence-corrected chi connectivity index (χ1v) is 6.86. The molecule has 1 heterocycles. The van der Waals surface area contributed by atoms with Crippen LogP contribution in [0, 0.1) is 33.5 Å². The van der Waals surface area contributed by atoms with E-state index in [-0.39, 0.29) is 11.9 Å². The summed E-state index contributed by atoms with van der Waals surface area (Å²) in [7, 11) is 0. The Balaban J connectivity index is 2.33. The van der Waals surface area contributed by atoms with E-state index in [2.05, 4.69) is 30.2 Å². The Morgan fingerprint density at radius 1 is 1.05 bits per heavy atom. The van der Waals surface area contributed by atoms with Gasteiger partial charge in [-0.1, -0.05) is 6.07 Å². The van der Waals surface area contributed by atoms with Crippen LogP contribution in [0.4, 0.5) is 10.1 Å². The Morgan fingerprint density at radius 2 is 1.75 bits per heavy atom. The summed E-state index contributed by atoms with van der Waals surface area (Å²) >= 11 is 0. The highest BCUT2D eigenvalue weighted by molar-refractivity contribution is 5.53. The van der Waals surface area contributed by atoms with E-state index in [4.69, 9.17) is 0 Å². The Hall–Kier alpha value is -1.90. The molecule has 20 heavy (non-hydrogen) atoms. The molecule has 2 rings (SSSR count). The maximum atomic E-state index is 13.4. The zero-order valence-electron chi connectivity index (χ0n) is 12.7. The van der Waals surface area contributed by atoms with E-state index >= 15 is 0 Å². The van der Waals surface area contributed by atoms with Crippen molar-refractivity contribution in [3.8, 4) is 0 Å². The quantitative estimate of drug-likeness (QED) is 0.881. The molecule has 1 unspecified atom stereocenters. The predicted molar refractivity (Wildman–Crippen MR) is 81.6 cm³/mol. The number of hydrogen-bond acceptors (Lipinski definition) is 2. The highest BCUT2D eigenvalue weighted by atomic mass is 19.1. The van der Waals surface area contributed by atoms with Crippen LogP contribution in [0.3, 0.4) is 0 Å². The van der Waals surface area contributed by atoms with Crippen LogP contribution in [0.5, 0.6) is 0 Å². The molecule has 0 saturated heterocycles. The molecule has 0 bridgehead atoms. The first-order valence-electron chi connectivity index (χ1n) is 6.86. The molecular formula is C17H21FN2. The third-order valence-corrected chi connectivity index (χ3v) is 3.59. The number of pyridine rings is 1. The summed E-state index contributed by atoms with van der Waals surface area (Å²) < 4.78 is 13.4. The summed E-state index contributed by atoms with van der Waals surface area (Å²) in [5.41, 5.74) is 6.31. The average molecular weight is 272 g/mol. The highest BCUT2D eigenvalue weighted by Crippen LogP contribution is 2.26.